The van der Waals surface area contributed by atoms with E-state index >= 15 is 0 Å². The van der Waals surface area contributed by atoms with Gasteiger partial charge in [-0.1, -0.05) is 23.8 Å². The normalized spacial score (nSPS) is 17.8. The zero-order valence-electron chi connectivity index (χ0n) is 9.78. The van der Waals surface area contributed by atoms with Crippen LogP contribution in [-0.2, 0) is 0 Å². The Hall–Kier alpha value is -1.28. The fraction of sp³-hybridized carbons (Fsp3) is 0.429. The van der Waals surface area contributed by atoms with Gasteiger partial charge in [-0.3, -0.25) is 0 Å². The summed E-state index contributed by atoms with van der Waals surface area (Å²) in [4.78, 5) is 0. The third-order valence-electron chi connectivity index (χ3n) is 3.20. The lowest BCUT2D eigenvalue weighted by Gasteiger charge is -2.20. The Labute approximate surface area is 97.1 Å². The van der Waals surface area contributed by atoms with Crippen LogP contribution >= 0.6 is 0 Å². The van der Waals surface area contributed by atoms with Crippen LogP contribution in [0.15, 0.2) is 35.9 Å². The van der Waals surface area contributed by atoms with E-state index in [0.29, 0.717) is 0 Å². The van der Waals surface area contributed by atoms with Gasteiger partial charge in [0, 0.05) is 0 Å². The molecule has 0 aromatic heterocycles. The van der Waals surface area contributed by atoms with E-state index in [4.69, 9.17) is 10.5 Å². The number of hydrogen-bond acceptors (Lipinski definition) is 2. The molecule has 16 heavy (non-hydrogen) atoms. The smallest absolute Gasteiger partial charge is 0.118 e. The van der Waals surface area contributed by atoms with Crippen LogP contribution in [0.25, 0.3) is 0 Å². The van der Waals surface area contributed by atoms with Crippen LogP contribution in [0.3, 0.4) is 0 Å². The van der Waals surface area contributed by atoms with Crippen molar-refractivity contribution in [3.63, 3.8) is 0 Å². The van der Waals surface area contributed by atoms with Crippen LogP contribution < -0.4 is 10.5 Å². The molecule has 1 aromatic rings. The first-order valence-corrected chi connectivity index (χ1v) is 5.89. The topological polar surface area (TPSA) is 35.2 Å². The summed E-state index contributed by atoms with van der Waals surface area (Å²) in [6.45, 7) is 0. The van der Waals surface area contributed by atoms with E-state index in [9.17, 15) is 0 Å². The molecule has 1 atom stereocenters. The maximum Gasteiger partial charge on any atom is 0.118 e. The third-order valence-corrected chi connectivity index (χ3v) is 3.20. The summed E-state index contributed by atoms with van der Waals surface area (Å²) >= 11 is 0. The molecule has 1 aromatic carbocycles. The number of hydrogen-bond donors (Lipinski definition) is 1. The van der Waals surface area contributed by atoms with E-state index in [0.717, 1.165) is 12.2 Å². The molecular weight excluding hydrogens is 198 g/mol. The Balaban J connectivity index is 2.13. The predicted octanol–water partition coefficient (Wildman–Crippen LogP) is 3.20. The molecule has 0 heterocycles. The molecule has 2 heteroatoms. The summed E-state index contributed by atoms with van der Waals surface area (Å²) in [6, 6.07) is 8.11. The fourth-order valence-electron chi connectivity index (χ4n) is 2.17. The zero-order chi connectivity index (χ0) is 11.4. The van der Waals surface area contributed by atoms with E-state index < -0.39 is 0 Å². The zero-order valence-corrected chi connectivity index (χ0v) is 9.78. The Morgan fingerprint density at radius 2 is 1.94 bits per heavy atom. The second-order valence-electron chi connectivity index (χ2n) is 4.28. The van der Waals surface area contributed by atoms with Crippen molar-refractivity contribution in [2.75, 3.05) is 7.11 Å². The highest BCUT2D eigenvalue weighted by atomic mass is 16.5. The lowest BCUT2D eigenvalue weighted by atomic mass is 9.90. The molecular formula is C14H19NO. The minimum Gasteiger partial charge on any atom is -0.497 e. The Bertz CT molecular complexity index is 367. The van der Waals surface area contributed by atoms with Gasteiger partial charge in [0.05, 0.1) is 13.2 Å². The summed E-state index contributed by atoms with van der Waals surface area (Å²) in [7, 11) is 1.68. The molecule has 1 aliphatic carbocycles. The van der Waals surface area contributed by atoms with Gasteiger partial charge in [-0.05, 0) is 43.4 Å². The highest BCUT2D eigenvalue weighted by Crippen LogP contribution is 2.28. The van der Waals surface area contributed by atoms with E-state index in [2.05, 4.69) is 18.2 Å². The van der Waals surface area contributed by atoms with Gasteiger partial charge in [-0.2, -0.15) is 0 Å². The van der Waals surface area contributed by atoms with Gasteiger partial charge in [-0.15, -0.1) is 0 Å². The van der Waals surface area contributed by atoms with Crippen molar-refractivity contribution >= 4 is 0 Å². The molecule has 86 valence electrons. The van der Waals surface area contributed by atoms with Gasteiger partial charge in [0.2, 0.25) is 0 Å². The van der Waals surface area contributed by atoms with Gasteiger partial charge >= 0.3 is 0 Å². The number of methoxy groups -OCH3 is 1. The SMILES string of the molecule is COc1ccc(C(N)C2=CCCCC2)cc1. The van der Waals surface area contributed by atoms with E-state index in [1.807, 2.05) is 12.1 Å². The predicted molar refractivity (Wildman–Crippen MR) is 66.5 cm³/mol. The minimum atomic E-state index is 0.0613. The van der Waals surface area contributed by atoms with Gasteiger partial charge in [0.1, 0.15) is 5.75 Å². The average Bonchev–Trinajstić information content (AvgIpc) is 2.39. The molecule has 0 amide bonds. The number of rotatable bonds is 3. The molecule has 0 radical (unpaired) electrons. The molecule has 2 rings (SSSR count). The summed E-state index contributed by atoms with van der Waals surface area (Å²) in [5, 5.41) is 0. The molecule has 0 fully saturated rings. The second-order valence-corrected chi connectivity index (χ2v) is 4.28. The highest BCUT2D eigenvalue weighted by Gasteiger charge is 2.13. The first-order chi connectivity index (χ1) is 7.81. The van der Waals surface area contributed by atoms with Crippen LogP contribution in [0, 0.1) is 0 Å². The van der Waals surface area contributed by atoms with Gasteiger partial charge in [0.15, 0.2) is 0 Å². The summed E-state index contributed by atoms with van der Waals surface area (Å²) in [5.74, 6) is 0.883. The summed E-state index contributed by atoms with van der Waals surface area (Å²) in [5.41, 5.74) is 8.81. The molecule has 2 N–H and O–H groups in total. The van der Waals surface area contributed by atoms with Crippen molar-refractivity contribution < 1.29 is 4.74 Å². The second kappa shape index (κ2) is 5.17. The highest BCUT2D eigenvalue weighted by molar-refractivity contribution is 5.33. The lowest BCUT2D eigenvalue weighted by molar-refractivity contribution is 0.414. The Morgan fingerprint density at radius 3 is 2.50 bits per heavy atom. The maximum atomic E-state index is 6.25. The van der Waals surface area contributed by atoms with E-state index in [1.54, 1.807) is 7.11 Å². The van der Waals surface area contributed by atoms with Crippen molar-refractivity contribution in [1.29, 1.82) is 0 Å². The van der Waals surface area contributed by atoms with E-state index in [1.165, 1.54) is 30.4 Å². The number of nitrogens with two attached hydrogens (primary N) is 1. The summed E-state index contributed by atoms with van der Waals surface area (Å²) < 4.78 is 5.14. The van der Waals surface area contributed by atoms with Crippen molar-refractivity contribution in [3.8, 4) is 5.75 Å². The lowest BCUT2D eigenvalue weighted by Crippen LogP contribution is -2.14. The maximum absolute atomic E-state index is 6.25. The van der Waals surface area contributed by atoms with Crippen LogP contribution in [-0.4, -0.2) is 7.11 Å². The van der Waals surface area contributed by atoms with Crippen LogP contribution in [0.5, 0.6) is 5.75 Å². The van der Waals surface area contributed by atoms with Gasteiger partial charge in [-0.25, -0.2) is 0 Å². The number of ether oxygens (including phenoxy) is 1. The molecule has 1 unspecified atom stereocenters. The van der Waals surface area contributed by atoms with Gasteiger partial charge in [0.25, 0.3) is 0 Å². The molecule has 0 bridgehead atoms. The van der Waals surface area contributed by atoms with Crippen molar-refractivity contribution in [1.82, 2.24) is 0 Å². The molecule has 0 spiro atoms. The average molecular weight is 217 g/mol. The first-order valence-electron chi connectivity index (χ1n) is 5.89. The Kier molecular flexibility index (Phi) is 3.62. The summed E-state index contributed by atoms with van der Waals surface area (Å²) in [6.07, 6.45) is 7.21. The molecule has 1 aliphatic rings. The quantitative estimate of drug-likeness (QED) is 0.789. The number of allylic oxidation sites excluding steroid dienone is 1. The monoisotopic (exact) mass is 217 g/mol. The van der Waals surface area contributed by atoms with Crippen molar-refractivity contribution in [2.45, 2.75) is 31.7 Å². The van der Waals surface area contributed by atoms with E-state index in [-0.39, 0.29) is 6.04 Å². The largest absolute Gasteiger partial charge is 0.497 e. The van der Waals surface area contributed by atoms with Crippen LogP contribution in [0.2, 0.25) is 0 Å². The van der Waals surface area contributed by atoms with Crippen LogP contribution in [0.1, 0.15) is 37.3 Å². The van der Waals surface area contributed by atoms with Gasteiger partial charge < -0.3 is 10.5 Å². The molecule has 0 saturated heterocycles. The van der Waals surface area contributed by atoms with Crippen molar-refractivity contribution in [3.05, 3.63) is 41.5 Å². The first kappa shape index (κ1) is 11.2. The van der Waals surface area contributed by atoms with Crippen molar-refractivity contribution in [2.24, 2.45) is 5.73 Å². The number of benzene rings is 1. The molecule has 2 nitrogen and oxygen atoms in total. The fourth-order valence-corrected chi connectivity index (χ4v) is 2.17. The third kappa shape index (κ3) is 2.45. The molecule has 0 saturated carbocycles. The minimum absolute atomic E-state index is 0.0613. The standard InChI is InChI=1S/C14H19NO/c1-16-13-9-7-12(8-10-13)14(15)11-5-3-2-4-6-11/h5,7-10,14H,2-4,6,15H2,1H3. The molecule has 0 aliphatic heterocycles. The Morgan fingerprint density at radius 1 is 1.19 bits per heavy atom. The van der Waals surface area contributed by atoms with Crippen LogP contribution in [0.4, 0.5) is 0 Å².